The lowest BCUT2D eigenvalue weighted by atomic mass is 10.2. The van der Waals surface area contributed by atoms with Crippen molar-refractivity contribution >= 4 is 11.6 Å². The number of halogens is 1. The van der Waals surface area contributed by atoms with E-state index in [1.165, 1.54) is 35.3 Å². The maximum absolute atomic E-state index is 13.0. The molecule has 0 saturated carbocycles. The van der Waals surface area contributed by atoms with E-state index < -0.39 is 5.91 Å². The molecule has 7 heteroatoms. The third-order valence-corrected chi connectivity index (χ3v) is 3.39. The van der Waals surface area contributed by atoms with Gasteiger partial charge in [-0.1, -0.05) is 0 Å². The number of H-pyrrole nitrogens is 1. The number of amides is 1. The fourth-order valence-corrected chi connectivity index (χ4v) is 2.18. The molecule has 0 bridgehead atoms. The molecule has 3 rings (SSSR count). The monoisotopic (exact) mass is 312 g/mol. The molecule has 23 heavy (non-hydrogen) atoms. The lowest BCUT2D eigenvalue weighted by molar-refractivity contribution is 0.102. The van der Waals surface area contributed by atoms with Crippen LogP contribution in [0, 0.1) is 12.7 Å². The quantitative estimate of drug-likeness (QED) is 0.778. The predicted octanol–water partition coefficient (Wildman–Crippen LogP) is 2.26. The molecule has 0 aliphatic rings. The maximum atomic E-state index is 13.0. The fraction of sp³-hybridized carbons (Fsp3) is 0.0625. The standard InChI is InChI=1S/C16H13FN4O2/c1-10-13(15(22)20-14-3-2-8-18-16(14)23)9-19-21(10)12-6-4-11(17)5-7-12/h2-9H,1H3,(H,18,23)(H,20,22). The summed E-state index contributed by atoms with van der Waals surface area (Å²) in [6, 6.07) is 8.90. The Bertz CT molecular complexity index is 912. The molecular weight excluding hydrogens is 299 g/mol. The summed E-state index contributed by atoms with van der Waals surface area (Å²) in [6.45, 7) is 1.72. The van der Waals surface area contributed by atoms with Crippen molar-refractivity contribution in [2.45, 2.75) is 6.92 Å². The number of nitrogens with zero attached hydrogens (tertiary/aromatic N) is 2. The van der Waals surface area contributed by atoms with Gasteiger partial charge in [-0.05, 0) is 43.3 Å². The van der Waals surface area contributed by atoms with Crippen LogP contribution in [0.2, 0.25) is 0 Å². The first kappa shape index (κ1) is 14.7. The minimum Gasteiger partial charge on any atom is -0.327 e. The molecule has 0 aliphatic carbocycles. The van der Waals surface area contributed by atoms with E-state index in [0.717, 1.165) is 0 Å². The Morgan fingerprint density at radius 1 is 1.26 bits per heavy atom. The van der Waals surface area contributed by atoms with E-state index in [4.69, 9.17) is 0 Å². The first-order chi connectivity index (χ1) is 11.1. The van der Waals surface area contributed by atoms with Gasteiger partial charge in [0.1, 0.15) is 11.5 Å². The summed E-state index contributed by atoms with van der Waals surface area (Å²) < 4.78 is 14.5. The molecule has 3 aromatic rings. The van der Waals surface area contributed by atoms with Crippen LogP contribution >= 0.6 is 0 Å². The largest absolute Gasteiger partial charge is 0.327 e. The average Bonchev–Trinajstić information content (AvgIpc) is 2.92. The molecule has 0 unspecified atom stereocenters. The molecule has 2 aromatic heterocycles. The Kier molecular flexibility index (Phi) is 3.76. The third kappa shape index (κ3) is 2.89. The molecule has 0 saturated heterocycles. The molecular formula is C16H13FN4O2. The third-order valence-electron chi connectivity index (χ3n) is 3.39. The highest BCUT2D eigenvalue weighted by atomic mass is 19.1. The number of aromatic nitrogens is 3. The Balaban J connectivity index is 1.90. The maximum Gasteiger partial charge on any atom is 0.271 e. The van der Waals surface area contributed by atoms with E-state index in [2.05, 4.69) is 15.4 Å². The van der Waals surface area contributed by atoms with Gasteiger partial charge in [0.05, 0.1) is 23.1 Å². The number of carbonyl (C=O) groups excluding carboxylic acids is 1. The summed E-state index contributed by atoms with van der Waals surface area (Å²) in [5.41, 5.74) is 1.33. The molecule has 6 nitrogen and oxygen atoms in total. The van der Waals surface area contributed by atoms with Crippen molar-refractivity contribution in [1.82, 2.24) is 14.8 Å². The molecule has 2 N–H and O–H groups in total. The van der Waals surface area contributed by atoms with Crippen LogP contribution in [-0.4, -0.2) is 20.7 Å². The molecule has 1 amide bonds. The molecule has 1 aromatic carbocycles. The van der Waals surface area contributed by atoms with E-state index in [-0.39, 0.29) is 17.1 Å². The molecule has 0 spiro atoms. The summed E-state index contributed by atoms with van der Waals surface area (Å²) in [5, 5.41) is 6.69. The first-order valence-electron chi connectivity index (χ1n) is 6.86. The van der Waals surface area contributed by atoms with Gasteiger partial charge >= 0.3 is 0 Å². The van der Waals surface area contributed by atoms with Crippen molar-refractivity contribution in [2.24, 2.45) is 0 Å². The Morgan fingerprint density at radius 2 is 2.00 bits per heavy atom. The minimum atomic E-state index is -0.437. The van der Waals surface area contributed by atoms with Crippen LogP contribution in [0.15, 0.2) is 53.6 Å². The second-order valence-electron chi connectivity index (χ2n) is 4.90. The number of nitrogens with one attached hydrogen (secondary N) is 2. The van der Waals surface area contributed by atoms with Crippen LogP contribution in [0.5, 0.6) is 0 Å². The van der Waals surface area contributed by atoms with Crippen molar-refractivity contribution in [3.63, 3.8) is 0 Å². The van der Waals surface area contributed by atoms with Gasteiger partial charge in [0.25, 0.3) is 11.5 Å². The van der Waals surface area contributed by atoms with Gasteiger partial charge in [0, 0.05) is 6.20 Å². The second kappa shape index (κ2) is 5.88. The van der Waals surface area contributed by atoms with Crippen molar-refractivity contribution in [3.8, 4) is 5.69 Å². The zero-order chi connectivity index (χ0) is 16.4. The van der Waals surface area contributed by atoms with Crippen molar-refractivity contribution < 1.29 is 9.18 Å². The van der Waals surface area contributed by atoms with Gasteiger partial charge in [-0.3, -0.25) is 9.59 Å². The van der Waals surface area contributed by atoms with Crippen LogP contribution in [0.1, 0.15) is 16.1 Å². The number of hydrogen-bond acceptors (Lipinski definition) is 3. The zero-order valence-electron chi connectivity index (χ0n) is 12.2. The van der Waals surface area contributed by atoms with Crippen LogP contribution in [0.25, 0.3) is 5.69 Å². The van der Waals surface area contributed by atoms with Gasteiger partial charge in [-0.25, -0.2) is 9.07 Å². The zero-order valence-corrected chi connectivity index (χ0v) is 12.2. The minimum absolute atomic E-state index is 0.159. The molecule has 2 heterocycles. The number of anilines is 1. The Hall–Kier alpha value is -3.22. The van der Waals surface area contributed by atoms with Gasteiger partial charge in [-0.15, -0.1) is 0 Å². The van der Waals surface area contributed by atoms with Crippen LogP contribution in [-0.2, 0) is 0 Å². The molecule has 0 fully saturated rings. The van der Waals surface area contributed by atoms with Crippen molar-refractivity contribution in [1.29, 1.82) is 0 Å². The number of aromatic amines is 1. The van der Waals surface area contributed by atoms with Gasteiger partial charge in [0.15, 0.2) is 0 Å². The average molecular weight is 312 g/mol. The van der Waals surface area contributed by atoms with E-state index in [1.807, 2.05) is 0 Å². The summed E-state index contributed by atoms with van der Waals surface area (Å²) in [7, 11) is 0. The number of hydrogen-bond donors (Lipinski definition) is 2. The first-order valence-corrected chi connectivity index (χ1v) is 6.86. The van der Waals surface area contributed by atoms with E-state index >= 15 is 0 Å². The summed E-state index contributed by atoms with van der Waals surface area (Å²) >= 11 is 0. The highest BCUT2D eigenvalue weighted by Gasteiger charge is 2.16. The summed E-state index contributed by atoms with van der Waals surface area (Å²) in [4.78, 5) is 26.4. The van der Waals surface area contributed by atoms with Gasteiger partial charge in [0.2, 0.25) is 0 Å². The highest BCUT2D eigenvalue weighted by molar-refractivity contribution is 6.04. The summed E-state index contributed by atoms with van der Waals surface area (Å²) in [6.07, 6.45) is 2.89. The van der Waals surface area contributed by atoms with Gasteiger partial charge < -0.3 is 10.3 Å². The number of rotatable bonds is 3. The fourth-order valence-electron chi connectivity index (χ4n) is 2.18. The van der Waals surface area contributed by atoms with E-state index in [1.54, 1.807) is 25.1 Å². The molecule has 0 radical (unpaired) electrons. The Morgan fingerprint density at radius 3 is 2.70 bits per heavy atom. The van der Waals surface area contributed by atoms with Crippen molar-refractivity contribution in [3.05, 3.63) is 76.2 Å². The Labute approximate surface area is 130 Å². The normalized spacial score (nSPS) is 10.5. The smallest absolute Gasteiger partial charge is 0.271 e. The molecule has 0 aliphatic heterocycles. The van der Waals surface area contributed by atoms with Crippen molar-refractivity contribution in [2.75, 3.05) is 5.32 Å². The number of pyridine rings is 1. The number of carbonyl (C=O) groups is 1. The predicted molar refractivity (Wildman–Crippen MR) is 83.3 cm³/mol. The number of benzene rings is 1. The second-order valence-corrected chi connectivity index (χ2v) is 4.90. The van der Waals surface area contributed by atoms with Gasteiger partial charge in [-0.2, -0.15) is 5.10 Å². The molecule has 0 atom stereocenters. The molecule has 116 valence electrons. The lowest BCUT2D eigenvalue weighted by Gasteiger charge is -2.06. The van der Waals surface area contributed by atoms with Crippen LogP contribution in [0.4, 0.5) is 10.1 Å². The SMILES string of the molecule is Cc1c(C(=O)Nc2ccc[nH]c2=O)cnn1-c1ccc(F)cc1. The lowest BCUT2D eigenvalue weighted by Crippen LogP contribution is -2.19. The summed E-state index contributed by atoms with van der Waals surface area (Å²) in [5.74, 6) is -0.785. The van der Waals surface area contributed by atoms with Crippen LogP contribution < -0.4 is 10.9 Å². The van der Waals surface area contributed by atoms with Crippen LogP contribution in [0.3, 0.4) is 0 Å². The topological polar surface area (TPSA) is 79.8 Å². The van der Waals surface area contributed by atoms with E-state index in [0.29, 0.717) is 16.9 Å². The van der Waals surface area contributed by atoms with E-state index in [9.17, 15) is 14.0 Å². The highest BCUT2D eigenvalue weighted by Crippen LogP contribution is 2.15.